The zero-order valence-electron chi connectivity index (χ0n) is 19.8. The predicted octanol–water partition coefficient (Wildman–Crippen LogP) is 1.54. The van der Waals surface area contributed by atoms with E-state index in [9.17, 15) is 9.59 Å². The molecular weight excluding hydrogens is 426 g/mol. The van der Waals surface area contributed by atoms with Crippen LogP contribution in [0.15, 0.2) is 11.6 Å². The van der Waals surface area contributed by atoms with Gasteiger partial charge in [-0.05, 0) is 58.8 Å². The molecule has 0 aromatic carbocycles. The first-order valence-corrected chi connectivity index (χ1v) is 12.3. The standard InChI is InChI=1S/C24H37N3O6/c1-13(2)4-9-17-24(32-17)20-19(30-3)16(10-11-23(20)21(24)33-23)31-22(29)27-15-7-5-14(6-8-15)26-18(28)12-25/h4,14-17,19-21H,5-12,25H2,1-3H3,(H,26,28)(H,27,29)/t14?,15?,16?,17-,19?,20?,21?,23-,24?/m1/s1. The minimum Gasteiger partial charge on any atom is -0.443 e. The number of alkyl carbamates (subject to hydrolysis) is 1. The summed E-state index contributed by atoms with van der Waals surface area (Å²) in [4.78, 5) is 24.2. The fourth-order valence-corrected chi connectivity index (χ4v) is 6.68. The zero-order valence-corrected chi connectivity index (χ0v) is 19.8. The fourth-order valence-electron chi connectivity index (χ4n) is 6.68. The third-order valence-electron chi connectivity index (χ3n) is 8.32. The van der Waals surface area contributed by atoms with Crippen LogP contribution in [-0.2, 0) is 23.7 Å². The molecule has 9 heteroatoms. The Labute approximate surface area is 195 Å². The summed E-state index contributed by atoms with van der Waals surface area (Å²) in [5.41, 5.74) is 6.22. The Bertz CT molecular complexity index is 823. The summed E-state index contributed by atoms with van der Waals surface area (Å²) in [6.07, 6.45) is 7.28. The quantitative estimate of drug-likeness (QED) is 0.386. The van der Waals surface area contributed by atoms with Crippen LogP contribution in [0.4, 0.5) is 4.79 Å². The van der Waals surface area contributed by atoms with E-state index in [2.05, 4.69) is 30.6 Å². The summed E-state index contributed by atoms with van der Waals surface area (Å²) in [5, 5.41) is 5.94. The molecule has 2 spiro atoms. The number of methoxy groups -OCH3 is 1. The first-order valence-electron chi connectivity index (χ1n) is 12.3. The number of epoxide rings is 2. The smallest absolute Gasteiger partial charge is 0.407 e. The van der Waals surface area contributed by atoms with Crippen molar-refractivity contribution in [3.8, 4) is 0 Å². The van der Waals surface area contributed by atoms with Crippen LogP contribution < -0.4 is 16.4 Å². The second-order valence-corrected chi connectivity index (χ2v) is 10.6. The van der Waals surface area contributed by atoms with Crippen LogP contribution >= 0.6 is 0 Å². The van der Waals surface area contributed by atoms with Crippen molar-refractivity contribution in [1.82, 2.24) is 10.6 Å². The van der Waals surface area contributed by atoms with Crippen molar-refractivity contribution < 1.29 is 28.5 Å². The lowest BCUT2D eigenvalue weighted by molar-refractivity contribution is -0.133. The van der Waals surface area contributed by atoms with Crippen LogP contribution in [0.25, 0.3) is 0 Å². The molecule has 3 aliphatic carbocycles. The number of rotatable bonds is 7. The average molecular weight is 464 g/mol. The Morgan fingerprint density at radius 1 is 1.09 bits per heavy atom. The summed E-state index contributed by atoms with van der Waals surface area (Å²) >= 11 is 0. The molecule has 2 saturated heterocycles. The van der Waals surface area contributed by atoms with Gasteiger partial charge in [-0.2, -0.15) is 0 Å². The molecular formula is C24H37N3O6. The van der Waals surface area contributed by atoms with Gasteiger partial charge in [0.2, 0.25) is 5.91 Å². The molecule has 5 aliphatic rings. The number of hydrogen-bond acceptors (Lipinski definition) is 7. The highest BCUT2D eigenvalue weighted by atomic mass is 16.7. The van der Waals surface area contributed by atoms with Crippen molar-refractivity contribution in [3.05, 3.63) is 11.6 Å². The minimum absolute atomic E-state index is 0.00262. The molecule has 2 heterocycles. The zero-order chi connectivity index (χ0) is 23.4. The highest BCUT2D eigenvalue weighted by molar-refractivity contribution is 5.78. The number of amides is 2. The molecule has 9 nitrogen and oxygen atoms in total. The number of nitrogens with one attached hydrogen (secondary N) is 2. The van der Waals surface area contributed by atoms with Crippen molar-refractivity contribution >= 4 is 12.0 Å². The SMILES string of the molecule is COC1C(OC(=O)NC2CCC(NC(=O)CN)CC2)CC[C@]23OC2C2(O[C@@H]2CC=C(C)C)C13. The number of carbonyl (C=O) groups excluding carboxylic acids is 2. The van der Waals surface area contributed by atoms with Crippen molar-refractivity contribution in [2.75, 3.05) is 13.7 Å². The molecule has 5 unspecified atom stereocenters. The molecule has 0 aromatic rings. The second-order valence-electron chi connectivity index (χ2n) is 10.6. The van der Waals surface area contributed by atoms with E-state index in [1.54, 1.807) is 7.11 Å². The molecule has 2 aliphatic heterocycles. The van der Waals surface area contributed by atoms with Crippen LogP contribution in [0.3, 0.4) is 0 Å². The second kappa shape index (κ2) is 8.52. The van der Waals surface area contributed by atoms with E-state index >= 15 is 0 Å². The van der Waals surface area contributed by atoms with Gasteiger partial charge in [0.1, 0.15) is 29.5 Å². The van der Waals surface area contributed by atoms with Gasteiger partial charge in [0.25, 0.3) is 0 Å². The average Bonchev–Trinajstić information content (AvgIpc) is 3.67. The van der Waals surface area contributed by atoms with E-state index < -0.39 is 6.09 Å². The largest absolute Gasteiger partial charge is 0.443 e. The van der Waals surface area contributed by atoms with E-state index in [0.717, 1.165) is 44.9 Å². The van der Waals surface area contributed by atoms with Crippen LogP contribution in [-0.4, -0.2) is 73.4 Å². The fraction of sp³-hybridized carbons (Fsp3) is 0.833. The third kappa shape index (κ3) is 3.87. The first-order chi connectivity index (χ1) is 15.8. The Morgan fingerprint density at radius 3 is 2.42 bits per heavy atom. The summed E-state index contributed by atoms with van der Waals surface area (Å²) in [7, 11) is 1.69. The van der Waals surface area contributed by atoms with E-state index in [4.69, 9.17) is 24.7 Å². The van der Waals surface area contributed by atoms with Crippen molar-refractivity contribution in [1.29, 1.82) is 0 Å². The van der Waals surface area contributed by atoms with E-state index in [1.807, 2.05) is 0 Å². The number of ether oxygens (including phenoxy) is 4. The van der Waals surface area contributed by atoms with Gasteiger partial charge < -0.3 is 35.3 Å². The molecule has 3 saturated carbocycles. The molecule has 0 bridgehead atoms. The lowest BCUT2D eigenvalue weighted by Crippen LogP contribution is -2.66. The van der Waals surface area contributed by atoms with E-state index in [1.165, 1.54) is 5.57 Å². The summed E-state index contributed by atoms with van der Waals surface area (Å²) in [6, 6.07) is 0.174. The number of hydrogen-bond donors (Lipinski definition) is 3. The number of allylic oxidation sites excluding steroid dienone is 1. The topological polar surface area (TPSA) is 128 Å². The van der Waals surface area contributed by atoms with Crippen molar-refractivity contribution in [3.63, 3.8) is 0 Å². The predicted molar refractivity (Wildman–Crippen MR) is 119 cm³/mol. The number of nitrogens with two attached hydrogens (primary N) is 1. The molecule has 33 heavy (non-hydrogen) atoms. The molecule has 5 fully saturated rings. The van der Waals surface area contributed by atoms with Crippen LogP contribution in [0.2, 0.25) is 0 Å². The normalized spacial score (nSPS) is 44.5. The third-order valence-corrected chi connectivity index (χ3v) is 8.32. The van der Waals surface area contributed by atoms with E-state index in [-0.39, 0.29) is 66.1 Å². The van der Waals surface area contributed by atoms with Gasteiger partial charge >= 0.3 is 6.09 Å². The Hall–Kier alpha value is -1.68. The van der Waals surface area contributed by atoms with Gasteiger partial charge in [-0.25, -0.2) is 4.79 Å². The van der Waals surface area contributed by atoms with Gasteiger partial charge in [-0.1, -0.05) is 11.6 Å². The summed E-state index contributed by atoms with van der Waals surface area (Å²) in [5.74, 6) is -0.0337. The first kappa shape index (κ1) is 23.1. The molecule has 7 atom stereocenters. The maximum absolute atomic E-state index is 12.7. The maximum atomic E-state index is 12.7. The highest BCUT2D eigenvalue weighted by Crippen LogP contribution is 2.77. The van der Waals surface area contributed by atoms with Gasteiger partial charge in [0, 0.05) is 19.2 Å². The molecule has 184 valence electrons. The van der Waals surface area contributed by atoms with Gasteiger partial charge in [0.05, 0.1) is 18.6 Å². The highest BCUT2D eigenvalue weighted by Gasteiger charge is 2.94. The van der Waals surface area contributed by atoms with Gasteiger partial charge in [0.15, 0.2) is 0 Å². The lowest BCUT2D eigenvalue weighted by atomic mass is 9.55. The monoisotopic (exact) mass is 463 g/mol. The van der Waals surface area contributed by atoms with Crippen molar-refractivity contribution in [2.24, 2.45) is 11.7 Å². The van der Waals surface area contributed by atoms with Crippen LogP contribution in [0, 0.1) is 5.92 Å². The maximum Gasteiger partial charge on any atom is 0.407 e. The number of fused-ring (bicyclic) bond motifs is 2. The lowest BCUT2D eigenvalue weighted by Gasteiger charge is -2.48. The summed E-state index contributed by atoms with van der Waals surface area (Å²) < 4.78 is 24.2. The van der Waals surface area contributed by atoms with E-state index in [0.29, 0.717) is 0 Å². The minimum atomic E-state index is -0.396. The molecule has 5 rings (SSSR count). The molecule has 4 N–H and O–H groups in total. The molecule has 2 amide bonds. The molecule has 0 radical (unpaired) electrons. The Morgan fingerprint density at radius 2 is 1.79 bits per heavy atom. The molecule has 0 aromatic heterocycles. The van der Waals surface area contributed by atoms with Crippen molar-refractivity contribution in [2.45, 2.75) is 106 Å². The van der Waals surface area contributed by atoms with Gasteiger partial charge in [-0.15, -0.1) is 0 Å². The van der Waals surface area contributed by atoms with Crippen LogP contribution in [0.5, 0.6) is 0 Å². The van der Waals surface area contributed by atoms with Gasteiger partial charge in [-0.3, -0.25) is 4.79 Å². The Balaban J connectivity index is 1.14. The summed E-state index contributed by atoms with van der Waals surface area (Å²) in [6.45, 7) is 4.19. The van der Waals surface area contributed by atoms with Crippen LogP contribution in [0.1, 0.15) is 58.8 Å². The Kier molecular flexibility index (Phi) is 5.96. The number of carbonyl (C=O) groups is 2.